The van der Waals surface area contributed by atoms with Gasteiger partial charge < -0.3 is 9.47 Å². The molecule has 2 rings (SSSR count). The van der Waals surface area contributed by atoms with Gasteiger partial charge in [0.1, 0.15) is 11.5 Å². The van der Waals surface area contributed by atoms with E-state index in [1.165, 1.54) is 13.8 Å². The van der Waals surface area contributed by atoms with Crippen molar-refractivity contribution in [3.63, 3.8) is 0 Å². The van der Waals surface area contributed by atoms with Gasteiger partial charge in [-0.2, -0.15) is 0 Å². The quantitative estimate of drug-likeness (QED) is 0.616. The summed E-state index contributed by atoms with van der Waals surface area (Å²) < 4.78 is 10.1. The molecule has 0 bridgehead atoms. The molecular weight excluding hydrogens is 292 g/mol. The van der Waals surface area contributed by atoms with Gasteiger partial charge in [-0.1, -0.05) is 31.2 Å². The van der Waals surface area contributed by atoms with E-state index in [1.54, 1.807) is 24.3 Å². The Labute approximate surface area is 136 Å². The van der Waals surface area contributed by atoms with Gasteiger partial charge in [0.25, 0.3) is 0 Å². The van der Waals surface area contributed by atoms with Crippen LogP contribution in [0.15, 0.2) is 48.5 Å². The first kappa shape index (κ1) is 16.7. The largest absolute Gasteiger partial charge is 0.427 e. The minimum atomic E-state index is -0.328. The Bertz CT molecular complexity index is 612. The normalized spacial score (nSPS) is 10.4. The number of hydrogen-bond acceptors (Lipinski definition) is 4. The maximum atomic E-state index is 11.0. The maximum absolute atomic E-state index is 11.0. The standard InChI is InChI=1S/C19H20O4/c1-4-19(15-5-9-17(10-6-15)22-13(2)20)16-7-11-18(12-8-16)23-14(3)21/h5-12,19H,4H2,1-3H3. The summed E-state index contributed by atoms with van der Waals surface area (Å²) >= 11 is 0. The molecule has 0 radical (unpaired) electrons. The van der Waals surface area contributed by atoms with Gasteiger partial charge in [-0.3, -0.25) is 9.59 Å². The van der Waals surface area contributed by atoms with Gasteiger partial charge in [-0.15, -0.1) is 0 Å². The number of esters is 2. The molecule has 0 aliphatic carbocycles. The second kappa shape index (κ2) is 7.58. The molecule has 0 spiro atoms. The van der Waals surface area contributed by atoms with Crippen molar-refractivity contribution >= 4 is 11.9 Å². The van der Waals surface area contributed by atoms with Gasteiger partial charge >= 0.3 is 11.9 Å². The molecule has 4 heteroatoms. The third-order valence-corrected chi connectivity index (χ3v) is 3.50. The van der Waals surface area contributed by atoms with Crippen molar-refractivity contribution in [1.82, 2.24) is 0 Å². The van der Waals surface area contributed by atoms with Crippen LogP contribution in [0.25, 0.3) is 0 Å². The zero-order chi connectivity index (χ0) is 16.8. The van der Waals surface area contributed by atoms with Gasteiger partial charge in [-0.05, 0) is 41.8 Å². The Kier molecular flexibility index (Phi) is 5.52. The van der Waals surface area contributed by atoms with Crippen molar-refractivity contribution in [2.75, 3.05) is 0 Å². The van der Waals surface area contributed by atoms with Crippen molar-refractivity contribution < 1.29 is 19.1 Å². The van der Waals surface area contributed by atoms with Crippen LogP contribution >= 0.6 is 0 Å². The second-order valence-electron chi connectivity index (χ2n) is 5.29. The topological polar surface area (TPSA) is 52.6 Å². The Morgan fingerprint density at radius 1 is 0.783 bits per heavy atom. The van der Waals surface area contributed by atoms with Crippen molar-refractivity contribution in [2.45, 2.75) is 33.1 Å². The van der Waals surface area contributed by atoms with Crippen LogP contribution in [-0.2, 0) is 9.59 Å². The fraction of sp³-hybridized carbons (Fsp3) is 0.263. The summed E-state index contributed by atoms with van der Waals surface area (Å²) in [6.07, 6.45) is 0.930. The van der Waals surface area contributed by atoms with E-state index < -0.39 is 0 Å². The van der Waals surface area contributed by atoms with Gasteiger partial charge in [0.15, 0.2) is 0 Å². The van der Waals surface area contributed by atoms with E-state index in [1.807, 2.05) is 24.3 Å². The van der Waals surface area contributed by atoms with Crippen LogP contribution in [0.2, 0.25) is 0 Å². The van der Waals surface area contributed by atoms with Crippen molar-refractivity contribution in [1.29, 1.82) is 0 Å². The lowest BCUT2D eigenvalue weighted by Gasteiger charge is -2.17. The summed E-state index contributed by atoms with van der Waals surface area (Å²) in [7, 11) is 0. The minimum Gasteiger partial charge on any atom is -0.427 e. The van der Waals surface area contributed by atoms with E-state index in [-0.39, 0.29) is 17.9 Å². The first-order chi connectivity index (χ1) is 11.0. The molecule has 0 heterocycles. The summed E-state index contributed by atoms with van der Waals surface area (Å²) in [5.74, 6) is 0.659. The molecule has 23 heavy (non-hydrogen) atoms. The van der Waals surface area contributed by atoms with Crippen LogP contribution in [0.4, 0.5) is 0 Å². The molecule has 0 saturated carbocycles. The van der Waals surface area contributed by atoms with Crippen LogP contribution in [0.5, 0.6) is 11.5 Å². The van der Waals surface area contributed by atoms with Crippen molar-refractivity contribution in [3.05, 3.63) is 59.7 Å². The summed E-state index contributed by atoms with van der Waals surface area (Å²) in [6.45, 7) is 4.88. The van der Waals surface area contributed by atoms with Crippen LogP contribution in [0.1, 0.15) is 44.2 Å². The van der Waals surface area contributed by atoms with Gasteiger partial charge in [-0.25, -0.2) is 0 Å². The lowest BCUT2D eigenvalue weighted by atomic mass is 9.89. The lowest BCUT2D eigenvalue weighted by molar-refractivity contribution is -0.132. The molecule has 0 N–H and O–H groups in total. The average Bonchev–Trinajstić information content (AvgIpc) is 2.50. The third-order valence-electron chi connectivity index (χ3n) is 3.50. The smallest absolute Gasteiger partial charge is 0.308 e. The molecule has 0 fully saturated rings. The number of hydrogen-bond donors (Lipinski definition) is 0. The van der Waals surface area contributed by atoms with E-state index in [4.69, 9.17) is 9.47 Å². The molecule has 2 aromatic carbocycles. The van der Waals surface area contributed by atoms with E-state index in [0.717, 1.165) is 17.5 Å². The number of benzene rings is 2. The highest BCUT2D eigenvalue weighted by atomic mass is 16.5. The highest BCUT2D eigenvalue weighted by Crippen LogP contribution is 2.30. The number of carbonyl (C=O) groups is 2. The Morgan fingerprint density at radius 2 is 1.13 bits per heavy atom. The fourth-order valence-electron chi connectivity index (χ4n) is 2.53. The van der Waals surface area contributed by atoms with E-state index in [2.05, 4.69) is 6.92 Å². The monoisotopic (exact) mass is 312 g/mol. The van der Waals surface area contributed by atoms with Crippen LogP contribution in [0.3, 0.4) is 0 Å². The zero-order valence-electron chi connectivity index (χ0n) is 13.5. The molecule has 0 aliphatic heterocycles. The van der Waals surface area contributed by atoms with Crippen molar-refractivity contribution in [2.24, 2.45) is 0 Å². The molecule has 0 unspecified atom stereocenters. The van der Waals surface area contributed by atoms with Crippen molar-refractivity contribution in [3.8, 4) is 11.5 Å². The predicted molar refractivity (Wildman–Crippen MR) is 87.6 cm³/mol. The molecule has 0 aliphatic rings. The van der Waals surface area contributed by atoms with Gasteiger partial charge in [0.2, 0.25) is 0 Å². The molecule has 120 valence electrons. The van der Waals surface area contributed by atoms with E-state index in [9.17, 15) is 9.59 Å². The summed E-state index contributed by atoms with van der Waals surface area (Å²) in [5, 5.41) is 0. The highest BCUT2D eigenvalue weighted by Gasteiger charge is 2.13. The fourth-order valence-corrected chi connectivity index (χ4v) is 2.53. The second-order valence-corrected chi connectivity index (χ2v) is 5.29. The number of rotatable bonds is 5. The highest BCUT2D eigenvalue weighted by molar-refractivity contribution is 5.69. The molecule has 0 aromatic heterocycles. The number of carbonyl (C=O) groups excluding carboxylic acids is 2. The van der Waals surface area contributed by atoms with Gasteiger partial charge in [0.05, 0.1) is 0 Å². The lowest BCUT2D eigenvalue weighted by Crippen LogP contribution is -2.04. The molecule has 0 amide bonds. The predicted octanol–water partition coefficient (Wildman–Crippen LogP) is 4.08. The summed E-state index contributed by atoms with van der Waals surface area (Å²) in [6, 6.07) is 15.1. The maximum Gasteiger partial charge on any atom is 0.308 e. The molecule has 0 atom stereocenters. The first-order valence-corrected chi connectivity index (χ1v) is 7.56. The zero-order valence-corrected chi connectivity index (χ0v) is 13.5. The molecular formula is C19H20O4. The van der Waals surface area contributed by atoms with Crippen LogP contribution in [-0.4, -0.2) is 11.9 Å². The molecule has 0 saturated heterocycles. The van der Waals surface area contributed by atoms with Gasteiger partial charge in [0, 0.05) is 19.8 Å². The first-order valence-electron chi connectivity index (χ1n) is 7.56. The Balaban J connectivity index is 2.18. The van der Waals surface area contributed by atoms with E-state index >= 15 is 0 Å². The Morgan fingerprint density at radius 3 is 1.39 bits per heavy atom. The summed E-state index contributed by atoms with van der Waals surface area (Å²) in [5.41, 5.74) is 2.28. The minimum absolute atomic E-state index is 0.229. The SMILES string of the molecule is CCC(c1ccc(OC(C)=O)cc1)c1ccc(OC(C)=O)cc1. The van der Waals surface area contributed by atoms with Crippen LogP contribution < -0.4 is 9.47 Å². The third kappa shape index (κ3) is 4.68. The number of ether oxygens (including phenoxy) is 2. The molecule has 4 nitrogen and oxygen atoms in total. The summed E-state index contributed by atoms with van der Waals surface area (Å²) in [4.78, 5) is 21.9. The molecule has 2 aromatic rings. The average molecular weight is 312 g/mol. The van der Waals surface area contributed by atoms with Crippen LogP contribution in [0, 0.1) is 0 Å². The van der Waals surface area contributed by atoms with E-state index in [0.29, 0.717) is 11.5 Å². The Hall–Kier alpha value is -2.62.